The highest BCUT2D eigenvalue weighted by atomic mass is 16.5. The normalized spacial score (nSPS) is 17.8. The first-order valence-corrected chi connectivity index (χ1v) is 9.34. The number of amides is 1. The largest absolute Gasteiger partial charge is 0.378 e. The van der Waals surface area contributed by atoms with Gasteiger partial charge in [0.15, 0.2) is 5.82 Å². The minimum atomic E-state index is -0.0969. The summed E-state index contributed by atoms with van der Waals surface area (Å²) in [6.07, 6.45) is 2.49. The first-order valence-electron chi connectivity index (χ1n) is 9.34. The fourth-order valence-corrected chi connectivity index (χ4v) is 3.71. The number of benzene rings is 1. The van der Waals surface area contributed by atoms with Gasteiger partial charge >= 0.3 is 0 Å². The Balaban J connectivity index is 1.63. The Morgan fingerprint density at radius 3 is 2.58 bits per heavy atom. The highest BCUT2D eigenvalue weighted by Crippen LogP contribution is 2.18. The van der Waals surface area contributed by atoms with Crippen LogP contribution in [0.3, 0.4) is 0 Å². The summed E-state index contributed by atoms with van der Waals surface area (Å²) in [6, 6.07) is 7.65. The average molecular weight is 356 g/mol. The molecule has 0 saturated carbocycles. The molecule has 7 heteroatoms. The van der Waals surface area contributed by atoms with Crippen LogP contribution in [-0.4, -0.2) is 59.8 Å². The van der Waals surface area contributed by atoms with Crippen LogP contribution in [0.15, 0.2) is 29.1 Å². The summed E-state index contributed by atoms with van der Waals surface area (Å²) in [5.74, 6) is 0.587. The van der Waals surface area contributed by atoms with E-state index in [1.165, 1.54) is 0 Å². The number of hydrogen-bond acceptors (Lipinski definition) is 5. The molecular formula is C19H24N4O3. The van der Waals surface area contributed by atoms with Crippen LogP contribution in [-0.2, 0) is 16.1 Å². The lowest BCUT2D eigenvalue weighted by atomic mass is 10.2. The lowest BCUT2D eigenvalue weighted by molar-refractivity contribution is -0.135. The molecule has 2 aliphatic rings. The predicted molar refractivity (Wildman–Crippen MR) is 99.5 cm³/mol. The monoisotopic (exact) mass is 356 g/mol. The molecule has 0 spiro atoms. The molecule has 0 unspecified atom stereocenters. The lowest BCUT2D eigenvalue weighted by Crippen LogP contribution is -2.41. The van der Waals surface area contributed by atoms with E-state index in [1.807, 2.05) is 29.2 Å². The molecule has 1 aromatic carbocycles. The van der Waals surface area contributed by atoms with Gasteiger partial charge in [-0.05, 0) is 25.0 Å². The third-order valence-corrected chi connectivity index (χ3v) is 5.15. The molecule has 7 nitrogen and oxygen atoms in total. The van der Waals surface area contributed by atoms with Gasteiger partial charge < -0.3 is 19.1 Å². The molecule has 2 fully saturated rings. The highest BCUT2D eigenvalue weighted by Gasteiger charge is 2.21. The molecule has 1 amide bonds. The quantitative estimate of drug-likeness (QED) is 0.825. The number of anilines is 1. The van der Waals surface area contributed by atoms with Crippen molar-refractivity contribution in [1.29, 1.82) is 0 Å². The van der Waals surface area contributed by atoms with E-state index < -0.39 is 0 Å². The summed E-state index contributed by atoms with van der Waals surface area (Å²) in [7, 11) is 0. The molecule has 4 rings (SSSR count). The van der Waals surface area contributed by atoms with Crippen LogP contribution >= 0.6 is 0 Å². The van der Waals surface area contributed by atoms with Gasteiger partial charge in [-0.3, -0.25) is 9.59 Å². The van der Waals surface area contributed by atoms with E-state index in [0.29, 0.717) is 45.1 Å². The fourth-order valence-electron chi connectivity index (χ4n) is 3.71. The van der Waals surface area contributed by atoms with E-state index in [1.54, 1.807) is 4.57 Å². The van der Waals surface area contributed by atoms with Crippen LogP contribution in [0.1, 0.15) is 19.3 Å². The minimum Gasteiger partial charge on any atom is -0.378 e. The van der Waals surface area contributed by atoms with Crippen molar-refractivity contribution in [1.82, 2.24) is 14.5 Å². The molecule has 1 aromatic heterocycles. The van der Waals surface area contributed by atoms with Gasteiger partial charge in [0.1, 0.15) is 0 Å². The molecule has 0 N–H and O–H groups in total. The van der Waals surface area contributed by atoms with Gasteiger partial charge in [0.05, 0.1) is 24.2 Å². The Morgan fingerprint density at radius 2 is 1.81 bits per heavy atom. The summed E-state index contributed by atoms with van der Waals surface area (Å²) in [5, 5.41) is 0. The van der Waals surface area contributed by atoms with E-state index in [4.69, 9.17) is 4.74 Å². The van der Waals surface area contributed by atoms with Crippen molar-refractivity contribution in [2.45, 2.75) is 25.8 Å². The first kappa shape index (κ1) is 17.0. The van der Waals surface area contributed by atoms with Crippen molar-refractivity contribution in [2.75, 3.05) is 44.3 Å². The molecule has 0 radical (unpaired) electrons. The van der Waals surface area contributed by atoms with Gasteiger partial charge in [-0.2, -0.15) is 0 Å². The maximum Gasteiger partial charge on any atom is 0.294 e. The number of aromatic nitrogens is 2. The van der Waals surface area contributed by atoms with E-state index in [-0.39, 0.29) is 11.5 Å². The fraction of sp³-hybridized carbons (Fsp3) is 0.526. The third-order valence-electron chi connectivity index (χ3n) is 5.15. The number of rotatable bonds is 4. The number of para-hydroxylation sites is 2. The van der Waals surface area contributed by atoms with Crippen molar-refractivity contribution >= 4 is 22.8 Å². The number of morpholine rings is 1. The van der Waals surface area contributed by atoms with E-state index in [9.17, 15) is 9.59 Å². The van der Waals surface area contributed by atoms with Crippen molar-refractivity contribution in [3.05, 3.63) is 34.6 Å². The number of nitrogens with zero attached hydrogens (tertiary/aromatic N) is 4. The first-order chi connectivity index (χ1) is 12.7. The molecule has 2 aromatic rings. The predicted octanol–water partition coefficient (Wildman–Crippen LogP) is 1.25. The Morgan fingerprint density at radius 1 is 1.08 bits per heavy atom. The lowest BCUT2D eigenvalue weighted by Gasteiger charge is -2.27. The van der Waals surface area contributed by atoms with Crippen LogP contribution in [0.25, 0.3) is 11.0 Å². The van der Waals surface area contributed by atoms with E-state index >= 15 is 0 Å². The number of hydrogen-bond donors (Lipinski definition) is 0. The molecule has 26 heavy (non-hydrogen) atoms. The molecule has 2 saturated heterocycles. The molecular weight excluding hydrogens is 332 g/mol. The van der Waals surface area contributed by atoms with E-state index in [0.717, 1.165) is 37.0 Å². The smallest absolute Gasteiger partial charge is 0.294 e. The number of carbonyl (C=O) groups excluding carboxylic acids is 1. The summed E-state index contributed by atoms with van der Waals surface area (Å²) >= 11 is 0. The molecule has 0 atom stereocenters. The molecule has 3 heterocycles. The van der Waals surface area contributed by atoms with Gasteiger partial charge in [0, 0.05) is 39.1 Å². The summed E-state index contributed by atoms with van der Waals surface area (Å²) in [6.45, 7) is 4.54. The molecule has 2 aliphatic heterocycles. The van der Waals surface area contributed by atoms with Crippen molar-refractivity contribution < 1.29 is 9.53 Å². The molecule has 0 bridgehead atoms. The van der Waals surface area contributed by atoms with Gasteiger partial charge in [-0.25, -0.2) is 4.98 Å². The second-order valence-corrected chi connectivity index (χ2v) is 6.82. The third kappa shape index (κ3) is 3.31. The van der Waals surface area contributed by atoms with Crippen molar-refractivity contribution in [3.8, 4) is 0 Å². The summed E-state index contributed by atoms with van der Waals surface area (Å²) in [4.78, 5) is 34.1. The standard InChI is InChI=1S/C19H24N4O3/c24-17(21-11-13-26-14-12-21)7-10-23-16-6-2-1-5-15(16)20-18(19(23)25)22-8-3-4-9-22/h1-2,5-6H,3-4,7-14H2. The SMILES string of the molecule is O=C(CCn1c(=O)c(N2CCCC2)nc2ccccc21)N1CCOCC1. The minimum absolute atomic E-state index is 0.0730. The maximum atomic E-state index is 13.1. The Labute approximate surface area is 152 Å². The van der Waals surface area contributed by atoms with Crippen LogP contribution < -0.4 is 10.5 Å². The van der Waals surface area contributed by atoms with Crippen LogP contribution in [0.4, 0.5) is 5.82 Å². The Hall–Kier alpha value is -2.41. The Kier molecular flexibility index (Phi) is 4.88. The summed E-state index contributed by atoms with van der Waals surface area (Å²) in [5.41, 5.74) is 1.49. The van der Waals surface area contributed by atoms with Gasteiger partial charge in [-0.1, -0.05) is 12.1 Å². The van der Waals surface area contributed by atoms with Crippen molar-refractivity contribution in [3.63, 3.8) is 0 Å². The number of fused-ring (bicyclic) bond motifs is 1. The number of carbonyl (C=O) groups is 1. The second-order valence-electron chi connectivity index (χ2n) is 6.82. The van der Waals surface area contributed by atoms with Gasteiger partial charge in [0.25, 0.3) is 5.56 Å². The van der Waals surface area contributed by atoms with Crippen molar-refractivity contribution in [2.24, 2.45) is 0 Å². The maximum absolute atomic E-state index is 13.1. The van der Waals surface area contributed by atoms with E-state index in [2.05, 4.69) is 9.88 Å². The van der Waals surface area contributed by atoms with Gasteiger partial charge in [0.2, 0.25) is 5.91 Å². The topological polar surface area (TPSA) is 67.7 Å². The van der Waals surface area contributed by atoms with Crippen LogP contribution in [0, 0.1) is 0 Å². The average Bonchev–Trinajstić information content (AvgIpc) is 3.22. The zero-order valence-corrected chi connectivity index (χ0v) is 14.9. The second kappa shape index (κ2) is 7.45. The molecule has 0 aliphatic carbocycles. The van der Waals surface area contributed by atoms with Crippen LogP contribution in [0.2, 0.25) is 0 Å². The molecule has 138 valence electrons. The zero-order chi connectivity index (χ0) is 17.9. The van der Waals surface area contributed by atoms with Crippen LogP contribution in [0.5, 0.6) is 0 Å². The highest BCUT2D eigenvalue weighted by molar-refractivity contribution is 5.78. The Bertz CT molecular complexity index is 851. The summed E-state index contributed by atoms with van der Waals surface area (Å²) < 4.78 is 7.02. The number of aryl methyl sites for hydroxylation is 1. The van der Waals surface area contributed by atoms with Gasteiger partial charge in [-0.15, -0.1) is 0 Å². The zero-order valence-electron chi connectivity index (χ0n) is 14.9. The number of ether oxygens (including phenoxy) is 1.